The molecule has 7 nitrogen and oxygen atoms in total. The fourth-order valence-corrected chi connectivity index (χ4v) is 4.27. The number of carbonyl (C=O) groups excluding carboxylic acids is 3. The summed E-state index contributed by atoms with van der Waals surface area (Å²) in [6.45, 7) is 3.01. The zero-order valence-corrected chi connectivity index (χ0v) is 19.2. The van der Waals surface area contributed by atoms with Crippen LogP contribution in [0.4, 0.5) is 0 Å². The van der Waals surface area contributed by atoms with Gasteiger partial charge in [0.25, 0.3) is 11.8 Å². The summed E-state index contributed by atoms with van der Waals surface area (Å²) in [6, 6.07) is 14.1. The van der Waals surface area contributed by atoms with E-state index >= 15 is 0 Å². The Morgan fingerprint density at radius 2 is 1.64 bits per heavy atom. The molecule has 0 bridgehead atoms. The van der Waals surface area contributed by atoms with Crippen LogP contribution in [0.5, 0.6) is 5.75 Å². The first-order valence-corrected chi connectivity index (χ1v) is 11.6. The van der Waals surface area contributed by atoms with Gasteiger partial charge in [-0.25, -0.2) is 0 Å². The lowest BCUT2D eigenvalue weighted by molar-refractivity contribution is -0.124. The number of piperidine rings is 1. The van der Waals surface area contributed by atoms with E-state index in [-0.39, 0.29) is 29.7 Å². The van der Waals surface area contributed by atoms with Crippen LogP contribution in [-0.4, -0.2) is 54.9 Å². The molecular formula is C26H31N3O4. The van der Waals surface area contributed by atoms with E-state index in [9.17, 15) is 14.4 Å². The van der Waals surface area contributed by atoms with Crippen molar-refractivity contribution in [3.8, 4) is 5.75 Å². The third kappa shape index (κ3) is 5.53. The zero-order valence-electron chi connectivity index (χ0n) is 19.2. The Bertz CT molecular complexity index is 1010. The molecule has 1 saturated heterocycles. The van der Waals surface area contributed by atoms with Crippen molar-refractivity contribution in [2.24, 2.45) is 5.92 Å². The second-order valence-electron chi connectivity index (χ2n) is 8.93. The smallest absolute Gasteiger partial charge is 0.257 e. The van der Waals surface area contributed by atoms with Gasteiger partial charge in [-0.15, -0.1) is 0 Å². The van der Waals surface area contributed by atoms with Crippen LogP contribution in [0.15, 0.2) is 48.5 Å². The summed E-state index contributed by atoms with van der Waals surface area (Å²) in [5.74, 6) is 0.0519. The number of methoxy groups -OCH3 is 1. The molecule has 0 radical (unpaired) electrons. The van der Waals surface area contributed by atoms with Gasteiger partial charge in [0.05, 0.1) is 12.7 Å². The minimum absolute atomic E-state index is 0.0418. The van der Waals surface area contributed by atoms with E-state index in [1.54, 1.807) is 36.3 Å². The maximum Gasteiger partial charge on any atom is 0.257 e. The van der Waals surface area contributed by atoms with Gasteiger partial charge >= 0.3 is 0 Å². The van der Waals surface area contributed by atoms with Crippen LogP contribution in [0.1, 0.15) is 52.0 Å². The lowest BCUT2D eigenvalue weighted by atomic mass is 9.88. The molecule has 1 saturated carbocycles. The Morgan fingerprint density at radius 3 is 2.27 bits per heavy atom. The van der Waals surface area contributed by atoms with Gasteiger partial charge in [-0.05, 0) is 62.8 Å². The van der Waals surface area contributed by atoms with Crippen LogP contribution < -0.4 is 15.4 Å². The van der Waals surface area contributed by atoms with Gasteiger partial charge in [-0.1, -0.05) is 29.8 Å². The molecule has 1 atom stereocenters. The topological polar surface area (TPSA) is 87.7 Å². The van der Waals surface area contributed by atoms with Crippen molar-refractivity contribution in [2.75, 3.05) is 20.2 Å². The van der Waals surface area contributed by atoms with E-state index in [2.05, 4.69) is 10.6 Å². The van der Waals surface area contributed by atoms with E-state index in [1.807, 2.05) is 31.2 Å². The van der Waals surface area contributed by atoms with Crippen molar-refractivity contribution in [3.63, 3.8) is 0 Å². The first-order valence-electron chi connectivity index (χ1n) is 11.6. The van der Waals surface area contributed by atoms with Crippen molar-refractivity contribution >= 4 is 17.7 Å². The molecule has 33 heavy (non-hydrogen) atoms. The molecule has 2 aromatic carbocycles. The Labute approximate surface area is 194 Å². The summed E-state index contributed by atoms with van der Waals surface area (Å²) in [6.07, 6.45) is 3.24. The van der Waals surface area contributed by atoms with Crippen molar-refractivity contribution in [2.45, 2.75) is 44.7 Å². The van der Waals surface area contributed by atoms with Gasteiger partial charge in [0.1, 0.15) is 11.8 Å². The van der Waals surface area contributed by atoms with Gasteiger partial charge in [0.2, 0.25) is 5.91 Å². The molecule has 4 rings (SSSR count). The van der Waals surface area contributed by atoms with Crippen LogP contribution in [0, 0.1) is 12.8 Å². The summed E-state index contributed by atoms with van der Waals surface area (Å²) in [5.41, 5.74) is 2.14. The van der Waals surface area contributed by atoms with E-state index in [0.29, 0.717) is 42.8 Å². The molecule has 3 amide bonds. The van der Waals surface area contributed by atoms with Crippen LogP contribution >= 0.6 is 0 Å². The van der Waals surface area contributed by atoms with E-state index in [4.69, 9.17) is 4.74 Å². The number of para-hydroxylation sites is 1. The maximum absolute atomic E-state index is 13.0. The number of hydrogen-bond donors (Lipinski definition) is 2. The van der Waals surface area contributed by atoms with Gasteiger partial charge in [-0.3, -0.25) is 14.4 Å². The fourth-order valence-electron chi connectivity index (χ4n) is 4.27. The SMILES string of the molecule is COc1ccccc1C(=O)N1CCC([C@@H](NC(=O)c2ccc(C)cc2)C(=O)NC2CC2)CC1. The quantitative estimate of drug-likeness (QED) is 0.680. The van der Waals surface area contributed by atoms with Gasteiger partial charge in [0, 0.05) is 24.7 Å². The number of rotatable bonds is 7. The Morgan fingerprint density at radius 1 is 0.970 bits per heavy atom. The molecule has 0 unspecified atom stereocenters. The molecule has 2 fully saturated rings. The average molecular weight is 450 g/mol. The zero-order chi connectivity index (χ0) is 23.4. The summed E-state index contributed by atoms with van der Waals surface area (Å²) in [7, 11) is 1.55. The Balaban J connectivity index is 1.43. The summed E-state index contributed by atoms with van der Waals surface area (Å²) in [5, 5.41) is 6.02. The highest BCUT2D eigenvalue weighted by molar-refractivity contribution is 5.98. The first kappa shape index (κ1) is 22.8. The second kappa shape index (κ2) is 10.1. The van der Waals surface area contributed by atoms with E-state index in [1.165, 1.54) is 0 Å². The van der Waals surface area contributed by atoms with Crippen molar-refractivity contribution in [1.29, 1.82) is 0 Å². The Hall–Kier alpha value is -3.35. The van der Waals surface area contributed by atoms with Crippen LogP contribution in [-0.2, 0) is 4.79 Å². The third-order valence-electron chi connectivity index (χ3n) is 6.44. The molecule has 0 spiro atoms. The molecule has 1 aliphatic heterocycles. The van der Waals surface area contributed by atoms with E-state index in [0.717, 1.165) is 18.4 Å². The van der Waals surface area contributed by atoms with Crippen LogP contribution in [0.25, 0.3) is 0 Å². The molecule has 174 valence electrons. The molecule has 1 heterocycles. The van der Waals surface area contributed by atoms with Crippen LogP contribution in [0.3, 0.4) is 0 Å². The number of hydrogen-bond acceptors (Lipinski definition) is 4. The monoisotopic (exact) mass is 449 g/mol. The number of carbonyl (C=O) groups is 3. The average Bonchev–Trinajstić information content (AvgIpc) is 3.66. The number of benzene rings is 2. The van der Waals surface area contributed by atoms with Crippen LogP contribution in [0.2, 0.25) is 0 Å². The summed E-state index contributed by atoms with van der Waals surface area (Å²) < 4.78 is 5.34. The van der Waals surface area contributed by atoms with Gasteiger partial charge < -0.3 is 20.3 Å². The number of aryl methyl sites for hydroxylation is 1. The largest absolute Gasteiger partial charge is 0.496 e. The lowest BCUT2D eigenvalue weighted by Crippen LogP contribution is -2.54. The molecule has 2 N–H and O–H groups in total. The second-order valence-corrected chi connectivity index (χ2v) is 8.93. The molecule has 7 heteroatoms. The van der Waals surface area contributed by atoms with Crippen molar-refractivity contribution < 1.29 is 19.1 Å². The number of likely N-dealkylation sites (tertiary alicyclic amines) is 1. The lowest BCUT2D eigenvalue weighted by Gasteiger charge is -2.36. The predicted octanol–water partition coefficient (Wildman–Crippen LogP) is 2.93. The number of amides is 3. The predicted molar refractivity (Wildman–Crippen MR) is 125 cm³/mol. The van der Waals surface area contributed by atoms with Crippen molar-refractivity contribution in [3.05, 3.63) is 65.2 Å². The number of ether oxygens (including phenoxy) is 1. The normalized spacial score (nSPS) is 17.2. The highest BCUT2D eigenvalue weighted by Gasteiger charge is 2.36. The molecule has 2 aromatic rings. The molecule has 1 aliphatic carbocycles. The number of nitrogens with one attached hydrogen (secondary N) is 2. The number of nitrogens with zero attached hydrogens (tertiary/aromatic N) is 1. The minimum atomic E-state index is -0.622. The highest BCUT2D eigenvalue weighted by atomic mass is 16.5. The van der Waals surface area contributed by atoms with Crippen molar-refractivity contribution in [1.82, 2.24) is 15.5 Å². The standard InChI is InChI=1S/C26H31N3O4/c1-17-7-9-19(10-8-17)24(30)28-23(25(31)27-20-11-12-20)18-13-15-29(16-14-18)26(32)21-5-3-4-6-22(21)33-2/h3-10,18,20,23H,11-16H2,1-2H3,(H,27,31)(H,28,30)/t23-/m1/s1. The Kier molecular flexibility index (Phi) is 6.96. The molecule has 0 aromatic heterocycles. The summed E-state index contributed by atoms with van der Waals surface area (Å²) in [4.78, 5) is 40.7. The minimum Gasteiger partial charge on any atom is -0.496 e. The molecular weight excluding hydrogens is 418 g/mol. The fraction of sp³-hybridized carbons (Fsp3) is 0.423. The third-order valence-corrected chi connectivity index (χ3v) is 6.44. The van der Waals surface area contributed by atoms with Gasteiger partial charge in [-0.2, -0.15) is 0 Å². The van der Waals surface area contributed by atoms with Gasteiger partial charge in [0.15, 0.2) is 0 Å². The van der Waals surface area contributed by atoms with E-state index < -0.39 is 6.04 Å². The summed E-state index contributed by atoms with van der Waals surface area (Å²) >= 11 is 0. The highest BCUT2D eigenvalue weighted by Crippen LogP contribution is 2.26. The maximum atomic E-state index is 13.0. The molecule has 2 aliphatic rings. The first-order chi connectivity index (χ1) is 16.0.